The molecule has 0 atom stereocenters. The van der Waals surface area contributed by atoms with Gasteiger partial charge in [-0.2, -0.15) is 0 Å². The maximum Gasteiger partial charge on any atom is 0.128 e. The third-order valence-corrected chi connectivity index (χ3v) is 5.35. The van der Waals surface area contributed by atoms with Gasteiger partial charge in [-0.25, -0.2) is 4.98 Å². The van der Waals surface area contributed by atoms with Crippen LogP contribution in [0.1, 0.15) is 24.8 Å². The smallest absolute Gasteiger partial charge is 0.128 e. The van der Waals surface area contributed by atoms with Gasteiger partial charge < -0.3 is 4.90 Å². The van der Waals surface area contributed by atoms with Crippen molar-refractivity contribution in [2.75, 3.05) is 11.9 Å². The second-order valence-electron chi connectivity index (χ2n) is 6.58. The van der Waals surface area contributed by atoms with Gasteiger partial charge in [0.15, 0.2) is 0 Å². The van der Waals surface area contributed by atoms with E-state index in [1.807, 2.05) is 12.3 Å². The minimum Gasteiger partial charge on any atom is -0.350 e. The highest BCUT2D eigenvalue weighted by Gasteiger charge is 2.42. The predicted molar refractivity (Wildman–Crippen MR) is 100 cm³/mol. The number of pyridine rings is 1. The molecule has 4 rings (SSSR count). The first-order valence-electron chi connectivity index (χ1n) is 8.60. The highest BCUT2D eigenvalue weighted by molar-refractivity contribution is 5.64. The van der Waals surface area contributed by atoms with E-state index in [1.54, 1.807) is 0 Å². The Hall–Kier alpha value is -2.61. The van der Waals surface area contributed by atoms with Gasteiger partial charge in [-0.3, -0.25) is 0 Å². The topological polar surface area (TPSA) is 16.1 Å². The number of rotatable bonds is 4. The fourth-order valence-corrected chi connectivity index (χ4v) is 3.70. The number of nitrogens with zero attached hydrogens (tertiary/aromatic N) is 2. The lowest BCUT2D eigenvalue weighted by Gasteiger charge is -2.50. The summed E-state index contributed by atoms with van der Waals surface area (Å²) < 4.78 is 0. The summed E-state index contributed by atoms with van der Waals surface area (Å²) in [5.41, 5.74) is 4.02. The molecule has 0 radical (unpaired) electrons. The average Bonchev–Trinajstić information content (AvgIpc) is 2.63. The zero-order valence-corrected chi connectivity index (χ0v) is 14.0. The Balaban J connectivity index is 1.66. The standard InChI is InChI=1S/C22H22N2/c1-24(21-10-5-6-17-23-21)22(15-7-16-22)20-13-11-19(12-14-20)18-8-3-2-4-9-18/h2-6,8-14,17H,7,15-16H2,1H3. The molecule has 2 nitrogen and oxygen atoms in total. The first kappa shape index (κ1) is 14.9. The minimum absolute atomic E-state index is 0.0869. The quantitative estimate of drug-likeness (QED) is 0.652. The Kier molecular flexibility index (Phi) is 3.81. The number of hydrogen-bond donors (Lipinski definition) is 0. The molecule has 0 unspecified atom stereocenters. The van der Waals surface area contributed by atoms with Crippen molar-refractivity contribution in [3.8, 4) is 11.1 Å². The van der Waals surface area contributed by atoms with E-state index in [1.165, 1.54) is 36.0 Å². The Bertz CT molecular complexity index is 790. The highest BCUT2D eigenvalue weighted by Crippen LogP contribution is 2.47. The van der Waals surface area contributed by atoms with Gasteiger partial charge in [-0.05, 0) is 48.1 Å². The van der Waals surface area contributed by atoms with Crippen LogP contribution in [0.2, 0.25) is 0 Å². The van der Waals surface area contributed by atoms with Crippen molar-refractivity contribution in [2.24, 2.45) is 0 Å². The van der Waals surface area contributed by atoms with Gasteiger partial charge in [0.25, 0.3) is 0 Å². The van der Waals surface area contributed by atoms with Gasteiger partial charge in [0, 0.05) is 13.2 Å². The maximum atomic E-state index is 4.54. The van der Waals surface area contributed by atoms with Crippen LogP contribution in [0.15, 0.2) is 79.0 Å². The molecule has 3 aromatic rings. The van der Waals surface area contributed by atoms with Crippen molar-refractivity contribution in [2.45, 2.75) is 24.8 Å². The van der Waals surface area contributed by atoms with Crippen LogP contribution in [-0.2, 0) is 5.54 Å². The fraction of sp³-hybridized carbons (Fsp3) is 0.227. The van der Waals surface area contributed by atoms with E-state index in [9.17, 15) is 0 Å². The van der Waals surface area contributed by atoms with Crippen molar-refractivity contribution in [3.05, 3.63) is 84.6 Å². The molecule has 120 valence electrons. The molecule has 2 heteroatoms. The monoisotopic (exact) mass is 314 g/mol. The van der Waals surface area contributed by atoms with Crippen molar-refractivity contribution < 1.29 is 0 Å². The summed E-state index contributed by atoms with van der Waals surface area (Å²) in [5, 5.41) is 0. The molecule has 0 amide bonds. The molecular formula is C22H22N2. The molecule has 0 saturated heterocycles. The molecule has 0 spiro atoms. The number of hydrogen-bond acceptors (Lipinski definition) is 2. The van der Waals surface area contributed by atoms with E-state index in [4.69, 9.17) is 0 Å². The molecule has 1 saturated carbocycles. The molecule has 1 aromatic heterocycles. The lowest BCUT2D eigenvalue weighted by molar-refractivity contribution is 0.239. The molecule has 1 fully saturated rings. The summed E-state index contributed by atoms with van der Waals surface area (Å²) >= 11 is 0. The Morgan fingerprint density at radius 3 is 2.04 bits per heavy atom. The molecule has 0 aliphatic heterocycles. The van der Waals surface area contributed by atoms with E-state index < -0.39 is 0 Å². The number of anilines is 1. The Morgan fingerprint density at radius 1 is 0.792 bits per heavy atom. The van der Waals surface area contributed by atoms with Gasteiger partial charge in [-0.15, -0.1) is 0 Å². The molecule has 24 heavy (non-hydrogen) atoms. The summed E-state index contributed by atoms with van der Waals surface area (Å²) in [6, 6.07) is 25.8. The molecule has 1 heterocycles. The van der Waals surface area contributed by atoms with Crippen LogP contribution in [0.3, 0.4) is 0 Å². The summed E-state index contributed by atoms with van der Waals surface area (Å²) in [7, 11) is 2.17. The molecule has 1 aliphatic rings. The minimum atomic E-state index is 0.0869. The number of aromatic nitrogens is 1. The van der Waals surface area contributed by atoms with E-state index in [2.05, 4.69) is 83.7 Å². The van der Waals surface area contributed by atoms with Crippen LogP contribution in [0.4, 0.5) is 5.82 Å². The fourth-order valence-electron chi connectivity index (χ4n) is 3.70. The van der Waals surface area contributed by atoms with Crippen LogP contribution in [-0.4, -0.2) is 12.0 Å². The van der Waals surface area contributed by atoms with E-state index in [0.717, 1.165) is 5.82 Å². The van der Waals surface area contributed by atoms with Crippen molar-refractivity contribution in [1.82, 2.24) is 4.98 Å². The zero-order chi connectivity index (χ0) is 16.4. The second-order valence-corrected chi connectivity index (χ2v) is 6.58. The highest BCUT2D eigenvalue weighted by atomic mass is 15.2. The SMILES string of the molecule is CN(c1ccccn1)C1(c2ccc(-c3ccccc3)cc2)CCC1. The van der Waals surface area contributed by atoms with Crippen molar-refractivity contribution in [1.29, 1.82) is 0 Å². The van der Waals surface area contributed by atoms with Crippen LogP contribution in [0.25, 0.3) is 11.1 Å². The van der Waals surface area contributed by atoms with Crippen LogP contribution < -0.4 is 4.90 Å². The van der Waals surface area contributed by atoms with Crippen LogP contribution in [0.5, 0.6) is 0 Å². The van der Waals surface area contributed by atoms with Gasteiger partial charge >= 0.3 is 0 Å². The average molecular weight is 314 g/mol. The van der Waals surface area contributed by atoms with E-state index in [0.29, 0.717) is 0 Å². The van der Waals surface area contributed by atoms with Gasteiger partial charge in [-0.1, -0.05) is 60.7 Å². The molecule has 0 N–H and O–H groups in total. The maximum absolute atomic E-state index is 4.54. The van der Waals surface area contributed by atoms with Gasteiger partial charge in [0.2, 0.25) is 0 Å². The largest absolute Gasteiger partial charge is 0.350 e. The Labute approximate surface area is 143 Å². The first-order valence-corrected chi connectivity index (χ1v) is 8.60. The van der Waals surface area contributed by atoms with Gasteiger partial charge in [0.1, 0.15) is 5.82 Å². The summed E-state index contributed by atoms with van der Waals surface area (Å²) in [5.74, 6) is 1.05. The van der Waals surface area contributed by atoms with Gasteiger partial charge in [0.05, 0.1) is 5.54 Å². The third-order valence-electron chi connectivity index (χ3n) is 5.35. The Morgan fingerprint density at radius 2 is 1.46 bits per heavy atom. The van der Waals surface area contributed by atoms with Crippen LogP contribution in [0, 0.1) is 0 Å². The first-order chi connectivity index (χ1) is 11.8. The molecule has 2 aromatic carbocycles. The molecule has 0 bridgehead atoms. The van der Waals surface area contributed by atoms with Crippen molar-refractivity contribution >= 4 is 5.82 Å². The lowest BCUT2D eigenvalue weighted by Crippen LogP contribution is -2.49. The summed E-state index contributed by atoms with van der Waals surface area (Å²) in [4.78, 5) is 6.90. The number of benzene rings is 2. The lowest BCUT2D eigenvalue weighted by atomic mass is 9.70. The van der Waals surface area contributed by atoms with Crippen molar-refractivity contribution in [3.63, 3.8) is 0 Å². The predicted octanol–water partition coefficient (Wildman–Crippen LogP) is 5.26. The zero-order valence-electron chi connectivity index (χ0n) is 14.0. The molecule has 1 aliphatic carbocycles. The summed E-state index contributed by atoms with van der Waals surface area (Å²) in [6.07, 6.45) is 5.52. The third kappa shape index (κ3) is 2.48. The van der Waals surface area contributed by atoms with E-state index in [-0.39, 0.29) is 5.54 Å². The van der Waals surface area contributed by atoms with E-state index >= 15 is 0 Å². The van der Waals surface area contributed by atoms with Crippen LogP contribution >= 0.6 is 0 Å². The second kappa shape index (κ2) is 6.12. The molecular weight excluding hydrogens is 292 g/mol. The summed E-state index contributed by atoms with van der Waals surface area (Å²) in [6.45, 7) is 0. The normalized spacial score (nSPS) is 15.5.